The molecule has 11 aromatic rings. The largest absolute Gasteiger partial charge is 0.311 e. The van der Waals surface area contributed by atoms with Crippen LogP contribution in [0.4, 0.5) is 11.4 Å². The molecule has 0 aromatic heterocycles. The molecule has 0 N–H and O–H groups in total. The van der Waals surface area contributed by atoms with E-state index in [0.29, 0.717) is 5.92 Å². The number of hydrogen-bond donors (Lipinski definition) is 0. The lowest BCUT2D eigenvalue weighted by molar-refractivity contribution is 0.623. The molecule has 73 heavy (non-hydrogen) atoms. The molecule has 0 saturated heterocycles. The van der Waals surface area contributed by atoms with Gasteiger partial charge in [-0.2, -0.15) is 0 Å². The monoisotopic (exact) mass is 929 g/mol. The van der Waals surface area contributed by atoms with Gasteiger partial charge in [0.2, 0.25) is 0 Å². The second-order valence-electron chi connectivity index (χ2n) is 19.8. The van der Waals surface area contributed by atoms with Crippen molar-refractivity contribution in [2.45, 2.75) is 23.2 Å². The molecule has 11 aromatic carbocycles. The Morgan fingerprint density at radius 1 is 0.342 bits per heavy atom. The predicted molar refractivity (Wildman–Crippen MR) is 304 cm³/mol. The molecule has 0 bridgehead atoms. The van der Waals surface area contributed by atoms with E-state index in [-0.39, 0.29) is 0 Å². The number of hydrogen-bond acceptors (Lipinski definition) is 1. The Labute approximate surface area is 428 Å². The fourth-order valence-corrected chi connectivity index (χ4v) is 13.0. The van der Waals surface area contributed by atoms with Crippen molar-refractivity contribution in [2.75, 3.05) is 4.90 Å². The van der Waals surface area contributed by atoms with E-state index in [1.807, 2.05) is 0 Å². The molecule has 0 aliphatic heterocycles. The highest BCUT2D eigenvalue weighted by molar-refractivity contribution is 5.97. The fraction of sp³-hybridized carbons (Fsp3) is 0.0556. The van der Waals surface area contributed by atoms with Crippen molar-refractivity contribution in [3.8, 4) is 33.4 Å². The van der Waals surface area contributed by atoms with Crippen LogP contribution in [-0.2, 0) is 10.8 Å². The maximum atomic E-state index is 2.46. The van der Waals surface area contributed by atoms with Crippen molar-refractivity contribution in [1.29, 1.82) is 0 Å². The summed E-state index contributed by atoms with van der Waals surface area (Å²) >= 11 is 0. The normalized spacial score (nSPS) is 15.5. The van der Waals surface area contributed by atoms with Crippen LogP contribution in [0.3, 0.4) is 0 Å². The molecule has 1 nitrogen and oxygen atoms in total. The van der Waals surface area contributed by atoms with Gasteiger partial charge in [-0.3, -0.25) is 0 Å². The number of anilines is 2. The van der Waals surface area contributed by atoms with Crippen LogP contribution in [0.15, 0.2) is 297 Å². The number of fused-ring (bicyclic) bond motifs is 10. The molecule has 0 amide bonds. The molecule has 0 radical (unpaired) electrons. The number of allylic oxidation sites excluding steroid dienone is 3. The van der Waals surface area contributed by atoms with E-state index in [4.69, 9.17) is 0 Å². The van der Waals surface area contributed by atoms with E-state index >= 15 is 0 Å². The average molecular weight is 930 g/mol. The second-order valence-corrected chi connectivity index (χ2v) is 19.8. The van der Waals surface area contributed by atoms with Gasteiger partial charge in [0.25, 0.3) is 0 Å². The number of nitrogens with zero attached hydrogens (tertiary/aromatic N) is 1. The zero-order valence-electron chi connectivity index (χ0n) is 40.4. The zero-order valence-corrected chi connectivity index (χ0v) is 40.4. The molecule has 0 heterocycles. The van der Waals surface area contributed by atoms with E-state index in [1.165, 1.54) is 99.9 Å². The minimum atomic E-state index is -0.529. The van der Waals surface area contributed by atoms with Gasteiger partial charge in [0.05, 0.1) is 10.8 Å². The molecular formula is C72H51N. The Bertz CT molecular complexity index is 3830. The van der Waals surface area contributed by atoms with E-state index in [1.54, 1.807) is 0 Å². The summed E-state index contributed by atoms with van der Waals surface area (Å²) < 4.78 is 0. The van der Waals surface area contributed by atoms with Crippen LogP contribution in [0.1, 0.15) is 62.4 Å². The van der Waals surface area contributed by atoms with Crippen molar-refractivity contribution < 1.29 is 0 Å². The highest BCUT2D eigenvalue weighted by Crippen LogP contribution is 2.64. The molecule has 1 unspecified atom stereocenters. The third-order valence-electron chi connectivity index (χ3n) is 16.2. The Balaban J connectivity index is 0.879. The van der Waals surface area contributed by atoms with Gasteiger partial charge in [0, 0.05) is 23.0 Å². The van der Waals surface area contributed by atoms with Crippen LogP contribution >= 0.6 is 0 Å². The first kappa shape index (κ1) is 42.8. The first-order valence-corrected chi connectivity index (χ1v) is 25.7. The van der Waals surface area contributed by atoms with Crippen molar-refractivity contribution in [2.24, 2.45) is 0 Å². The van der Waals surface area contributed by atoms with E-state index < -0.39 is 10.8 Å². The molecule has 14 rings (SSSR count). The van der Waals surface area contributed by atoms with Crippen LogP contribution < -0.4 is 4.90 Å². The zero-order chi connectivity index (χ0) is 48.3. The van der Waals surface area contributed by atoms with Gasteiger partial charge in [-0.25, -0.2) is 0 Å². The second kappa shape index (κ2) is 17.4. The lowest BCUT2D eigenvalue weighted by atomic mass is 9.51. The van der Waals surface area contributed by atoms with Crippen molar-refractivity contribution in [3.05, 3.63) is 347 Å². The van der Waals surface area contributed by atoms with Crippen LogP contribution in [-0.4, -0.2) is 0 Å². The first-order valence-electron chi connectivity index (χ1n) is 25.7. The summed E-state index contributed by atoms with van der Waals surface area (Å²) in [6.07, 6.45) is 8.03. The van der Waals surface area contributed by atoms with E-state index in [9.17, 15) is 0 Å². The molecule has 344 valence electrons. The average Bonchev–Trinajstić information content (AvgIpc) is 3.76. The third kappa shape index (κ3) is 6.62. The van der Waals surface area contributed by atoms with Gasteiger partial charge < -0.3 is 4.90 Å². The first-order chi connectivity index (χ1) is 36.2. The SMILES string of the molecule is C1=CC(c2ccccc2)CC=C1N(c1ccc(-c2ccc3c(c2)-c2ccccc2C32c3ccccc3C(c3ccccc3)(c3ccccc3)c3ccccc32)cc1)c1ccc(-c2cccc3ccccc23)cc1. The van der Waals surface area contributed by atoms with Crippen molar-refractivity contribution in [3.63, 3.8) is 0 Å². The van der Waals surface area contributed by atoms with E-state index in [2.05, 4.69) is 296 Å². The predicted octanol–water partition coefficient (Wildman–Crippen LogP) is 18.0. The summed E-state index contributed by atoms with van der Waals surface area (Å²) in [6.45, 7) is 0. The fourth-order valence-electron chi connectivity index (χ4n) is 13.0. The van der Waals surface area contributed by atoms with Crippen LogP contribution in [0, 0.1) is 0 Å². The highest BCUT2D eigenvalue weighted by atomic mass is 15.1. The summed E-state index contributed by atoms with van der Waals surface area (Å²) in [5.41, 5.74) is 21.6. The Hall–Kier alpha value is -9.04. The van der Waals surface area contributed by atoms with Gasteiger partial charge >= 0.3 is 0 Å². The molecule has 1 spiro atoms. The minimum absolute atomic E-state index is 0.345. The van der Waals surface area contributed by atoms with Crippen molar-refractivity contribution >= 4 is 22.1 Å². The van der Waals surface area contributed by atoms with Gasteiger partial charge in [-0.1, -0.05) is 255 Å². The van der Waals surface area contributed by atoms with Crippen LogP contribution in [0.2, 0.25) is 0 Å². The Morgan fingerprint density at radius 3 is 1.44 bits per heavy atom. The van der Waals surface area contributed by atoms with E-state index in [0.717, 1.165) is 17.8 Å². The summed E-state index contributed by atoms with van der Waals surface area (Å²) in [6, 6.07) is 102. The van der Waals surface area contributed by atoms with Crippen LogP contribution in [0.25, 0.3) is 44.2 Å². The molecule has 0 saturated carbocycles. The summed E-state index contributed by atoms with van der Waals surface area (Å²) in [5.74, 6) is 0.345. The van der Waals surface area contributed by atoms with Gasteiger partial charge in [-0.15, -0.1) is 0 Å². The maximum absolute atomic E-state index is 2.46. The Kier molecular flexibility index (Phi) is 10.2. The number of benzene rings is 11. The van der Waals surface area contributed by atoms with Crippen molar-refractivity contribution in [1.82, 2.24) is 0 Å². The summed E-state index contributed by atoms with van der Waals surface area (Å²) in [7, 11) is 0. The molecule has 0 fully saturated rings. The quantitative estimate of drug-likeness (QED) is 0.147. The standard InChI is InChI=1S/C72H51N/c1-4-19-50(20-5-1)51-35-42-58(43-36-51)73(60-46-39-54(40-47-60)62-29-18-22-53-21-10-11-27-61(53)62)59-44-37-52(38-45-59)55-41-48-66-64(49-55)63-28-12-13-30-65(63)72(66)69-33-16-14-31-67(69)71(56-23-6-2-7-24-56,57-25-8-3-9-26-57)68-32-15-17-34-70(68)72/h1-35,37-49,51H,36H2. The number of rotatable bonds is 8. The Morgan fingerprint density at radius 2 is 0.822 bits per heavy atom. The van der Waals surface area contributed by atoms with Gasteiger partial charge in [0.15, 0.2) is 0 Å². The lowest BCUT2D eigenvalue weighted by Crippen LogP contribution is -2.44. The maximum Gasteiger partial charge on any atom is 0.0720 e. The minimum Gasteiger partial charge on any atom is -0.311 e. The lowest BCUT2D eigenvalue weighted by Gasteiger charge is -2.50. The van der Waals surface area contributed by atoms with Gasteiger partial charge in [0.1, 0.15) is 0 Å². The topological polar surface area (TPSA) is 3.24 Å². The molecule has 1 heteroatoms. The third-order valence-corrected chi connectivity index (χ3v) is 16.2. The molecular weight excluding hydrogens is 879 g/mol. The molecule has 1 atom stereocenters. The van der Waals surface area contributed by atoms with Gasteiger partial charge in [-0.05, 0) is 137 Å². The molecule has 3 aliphatic carbocycles. The molecule has 3 aliphatic rings. The highest BCUT2D eigenvalue weighted by Gasteiger charge is 2.56. The smallest absolute Gasteiger partial charge is 0.0720 e. The van der Waals surface area contributed by atoms with Crippen LogP contribution in [0.5, 0.6) is 0 Å². The summed E-state index contributed by atoms with van der Waals surface area (Å²) in [5, 5.41) is 2.52. The summed E-state index contributed by atoms with van der Waals surface area (Å²) in [4.78, 5) is 2.42.